The van der Waals surface area contributed by atoms with Gasteiger partial charge in [-0.25, -0.2) is 17.2 Å². The summed E-state index contributed by atoms with van der Waals surface area (Å²) in [6, 6.07) is 9.13. The lowest BCUT2D eigenvalue weighted by molar-refractivity contribution is 0.575. The van der Waals surface area contributed by atoms with E-state index in [0.717, 1.165) is 12.1 Å². The van der Waals surface area contributed by atoms with Crippen LogP contribution >= 0.6 is 10.7 Å². The van der Waals surface area contributed by atoms with Crippen molar-refractivity contribution in [3.63, 3.8) is 0 Å². The van der Waals surface area contributed by atoms with Crippen LogP contribution in [-0.4, -0.2) is 8.42 Å². The summed E-state index contributed by atoms with van der Waals surface area (Å²) in [5.74, 6) is -1.70. The van der Waals surface area contributed by atoms with Gasteiger partial charge in [0.25, 0.3) is 9.05 Å². The molecule has 0 amide bonds. The standard InChI is InChI=1S/C12H7ClF2O2S/c13-18(16,17)11-7-3-5-9(12(11)15)8-4-1-2-6-10(8)14/h1-7H. The molecule has 6 heteroatoms. The molecule has 0 saturated heterocycles. The largest absolute Gasteiger partial charge is 0.264 e. The van der Waals surface area contributed by atoms with Crippen LogP contribution in [0.25, 0.3) is 11.1 Å². The minimum atomic E-state index is -4.20. The van der Waals surface area contributed by atoms with Gasteiger partial charge in [0.1, 0.15) is 10.7 Å². The normalized spacial score (nSPS) is 11.5. The van der Waals surface area contributed by atoms with E-state index in [1.807, 2.05) is 0 Å². The van der Waals surface area contributed by atoms with Crippen molar-refractivity contribution in [1.29, 1.82) is 0 Å². The number of hydrogen-bond acceptors (Lipinski definition) is 2. The lowest BCUT2D eigenvalue weighted by Gasteiger charge is -2.07. The first-order valence-corrected chi connectivity index (χ1v) is 7.20. The van der Waals surface area contributed by atoms with Gasteiger partial charge in [-0.2, -0.15) is 0 Å². The van der Waals surface area contributed by atoms with Crippen molar-refractivity contribution in [1.82, 2.24) is 0 Å². The fourth-order valence-corrected chi connectivity index (χ4v) is 2.51. The van der Waals surface area contributed by atoms with Crippen molar-refractivity contribution in [2.75, 3.05) is 0 Å². The SMILES string of the molecule is O=S(=O)(Cl)c1cccc(-c2ccccc2F)c1F. The Balaban J connectivity index is 2.72. The fourth-order valence-electron chi connectivity index (χ4n) is 1.59. The molecular weight excluding hydrogens is 282 g/mol. The second-order valence-corrected chi connectivity index (χ2v) is 6.07. The zero-order valence-corrected chi connectivity index (χ0v) is 10.5. The lowest BCUT2D eigenvalue weighted by Crippen LogP contribution is -1.98. The number of benzene rings is 2. The molecule has 0 unspecified atom stereocenters. The molecule has 94 valence electrons. The zero-order chi connectivity index (χ0) is 13.3. The van der Waals surface area contributed by atoms with Crippen LogP contribution in [0.5, 0.6) is 0 Å². The van der Waals surface area contributed by atoms with E-state index in [2.05, 4.69) is 0 Å². The summed E-state index contributed by atoms with van der Waals surface area (Å²) in [5, 5.41) is 0. The Hall–Kier alpha value is -1.46. The third-order valence-corrected chi connectivity index (χ3v) is 3.73. The van der Waals surface area contributed by atoms with Crippen molar-refractivity contribution >= 4 is 19.7 Å². The van der Waals surface area contributed by atoms with Crippen LogP contribution in [0.4, 0.5) is 8.78 Å². The Bertz CT molecular complexity index is 699. The Labute approximate surface area is 107 Å². The van der Waals surface area contributed by atoms with Gasteiger partial charge in [-0.1, -0.05) is 30.3 Å². The molecule has 0 radical (unpaired) electrons. The molecule has 0 aliphatic heterocycles. The minimum Gasteiger partial charge on any atom is -0.207 e. The average molecular weight is 289 g/mol. The summed E-state index contributed by atoms with van der Waals surface area (Å²) in [5.41, 5.74) is -0.160. The zero-order valence-electron chi connectivity index (χ0n) is 8.90. The highest BCUT2D eigenvalue weighted by atomic mass is 35.7. The average Bonchev–Trinajstić information content (AvgIpc) is 2.29. The maximum absolute atomic E-state index is 14.0. The van der Waals surface area contributed by atoms with Crippen LogP contribution in [0, 0.1) is 11.6 Å². The number of hydrogen-bond donors (Lipinski definition) is 0. The third kappa shape index (κ3) is 2.37. The third-order valence-electron chi connectivity index (χ3n) is 2.39. The smallest absolute Gasteiger partial charge is 0.207 e. The maximum atomic E-state index is 14.0. The van der Waals surface area contributed by atoms with E-state index in [1.54, 1.807) is 0 Å². The Morgan fingerprint density at radius 2 is 1.50 bits per heavy atom. The minimum absolute atomic E-state index is 0.0165. The summed E-state index contributed by atoms with van der Waals surface area (Å²) >= 11 is 0. The predicted octanol–water partition coefficient (Wildman–Crippen LogP) is 3.56. The first-order valence-electron chi connectivity index (χ1n) is 4.89. The van der Waals surface area contributed by atoms with Gasteiger partial charge in [0.15, 0.2) is 5.82 Å². The van der Waals surface area contributed by atoms with Gasteiger partial charge >= 0.3 is 0 Å². The van der Waals surface area contributed by atoms with E-state index in [9.17, 15) is 17.2 Å². The molecule has 0 bridgehead atoms. The molecule has 0 saturated carbocycles. The van der Waals surface area contributed by atoms with Crippen molar-refractivity contribution in [2.24, 2.45) is 0 Å². The molecule has 0 heterocycles. The second-order valence-electron chi connectivity index (χ2n) is 3.54. The van der Waals surface area contributed by atoms with E-state index in [1.165, 1.54) is 30.3 Å². The van der Waals surface area contributed by atoms with Crippen molar-refractivity contribution in [3.05, 3.63) is 54.1 Å². The highest BCUT2D eigenvalue weighted by Crippen LogP contribution is 2.30. The molecule has 0 atom stereocenters. The molecule has 18 heavy (non-hydrogen) atoms. The van der Waals surface area contributed by atoms with Crippen molar-refractivity contribution in [3.8, 4) is 11.1 Å². The van der Waals surface area contributed by atoms with Crippen LogP contribution in [0.2, 0.25) is 0 Å². The molecule has 2 aromatic rings. The molecule has 2 nitrogen and oxygen atoms in total. The Morgan fingerprint density at radius 1 is 0.889 bits per heavy atom. The van der Waals surface area contributed by atoms with Gasteiger partial charge in [-0.05, 0) is 12.1 Å². The van der Waals surface area contributed by atoms with Crippen molar-refractivity contribution in [2.45, 2.75) is 4.90 Å². The monoisotopic (exact) mass is 288 g/mol. The molecule has 0 N–H and O–H groups in total. The summed E-state index contributed by atoms with van der Waals surface area (Å²) < 4.78 is 49.8. The molecule has 0 spiro atoms. The molecular formula is C12H7ClF2O2S. The topological polar surface area (TPSA) is 34.1 Å². The van der Waals surface area contributed by atoms with E-state index in [0.29, 0.717) is 0 Å². The first kappa shape index (κ1) is 13.0. The summed E-state index contributed by atoms with van der Waals surface area (Å²) in [4.78, 5) is -0.662. The van der Waals surface area contributed by atoms with Gasteiger partial charge in [-0.3, -0.25) is 0 Å². The number of halogens is 3. The van der Waals surface area contributed by atoms with E-state index < -0.39 is 25.6 Å². The van der Waals surface area contributed by atoms with Crippen LogP contribution in [-0.2, 0) is 9.05 Å². The Morgan fingerprint density at radius 3 is 2.11 bits per heavy atom. The Kier molecular flexibility index (Phi) is 3.36. The predicted molar refractivity (Wildman–Crippen MR) is 64.8 cm³/mol. The summed E-state index contributed by atoms with van der Waals surface area (Å²) in [7, 11) is 0.899. The molecule has 0 aliphatic carbocycles. The van der Waals surface area contributed by atoms with Gasteiger partial charge in [0.05, 0.1) is 0 Å². The molecule has 0 aromatic heterocycles. The van der Waals surface area contributed by atoms with E-state index in [-0.39, 0.29) is 11.1 Å². The molecule has 2 aromatic carbocycles. The second kappa shape index (κ2) is 4.66. The van der Waals surface area contributed by atoms with Crippen molar-refractivity contribution < 1.29 is 17.2 Å². The fraction of sp³-hybridized carbons (Fsp3) is 0. The van der Waals surface area contributed by atoms with Crippen LogP contribution in [0.1, 0.15) is 0 Å². The van der Waals surface area contributed by atoms with E-state index >= 15 is 0 Å². The highest BCUT2D eigenvalue weighted by Gasteiger charge is 2.20. The van der Waals surface area contributed by atoms with Crippen LogP contribution in [0.15, 0.2) is 47.4 Å². The van der Waals surface area contributed by atoms with Crippen LogP contribution < -0.4 is 0 Å². The summed E-state index contributed by atoms with van der Waals surface area (Å²) in [6.45, 7) is 0. The van der Waals surface area contributed by atoms with Gasteiger partial charge in [-0.15, -0.1) is 0 Å². The van der Waals surface area contributed by atoms with Gasteiger partial charge in [0, 0.05) is 21.8 Å². The quantitative estimate of drug-likeness (QED) is 0.792. The van der Waals surface area contributed by atoms with Gasteiger partial charge < -0.3 is 0 Å². The van der Waals surface area contributed by atoms with Crippen LogP contribution in [0.3, 0.4) is 0 Å². The maximum Gasteiger partial charge on any atom is 0.264 e. The molecule has 0 aliphatic rings. The lowest BCUT2D eigenvalue weighted by atomic mass is 10.0. The number of rotatable bonds is 2. The van der Waals surface area contributed by atoms with E-state index in [4.69, 9.17) is 10.7 Å². The molecule has 0 fully saturated rings. The highest BCUT2D eigenvalue weighted by molar-refractivity contribution is 8.13. The molecule has 2 rings (SSSR count). The van der Waals surface area contributed by atoms with Gasteiger partial charge in [0.2, 0.25) is 0 Å². The first-order chi connectivity index (χ1) is 8.41. The summed E-state index contributed by atoms with van der Waals surface area (Å²) in [6.07, 6.45) is 0.